The Labute approximate surface area is 179 Å². The minimum Gasteiger partial charge on any atom is -0.491 e. The number of carbonyl (C=O) groups excluding carboxylic acids is 1. The number of β-amino-alcohol motifs (C(OH)–C–C–N with tert-alkyl or cyclic N) is 1. The van der Waals surface area contributed by atoms with Crippen LogP contribution in [0.2, 0.25) is 0 Å². The van der Waals surface area contributed by atoms with Crippen molar-refractivity contribution in [2.45, 2.75) is 25.6 Å². The highest BCUT2D eigenvalue weighted by Gasteiger charge is 2.31. The van der Waals surface area contributed by atoms with E-state index >= 15 is 0 Å². The standard InChI is InChI=1S/C22H26F3N3O3/c1-16(29)17-3-6-20(7-4-17)31-15-19(30)14-27-9-2-10-28(12-11-27)21-8-5-18(13-26-21)22(23,24)25/h3-8,13,19,30H,2,9-12,14-15H2,1H3/t19-/m0/s1. The van der Waals surface area contributed by atoms with Gasteiger partial charge in [-0.25, -0.2) is 4.98 Å². The van der Waals surface area contributed by atoms with Crippen LogP contribution in [0, 0.1) is 0 Å². The Bertz CT molecular complexity index is 857. The Morgan fingerprint density at radius 3 is 2.48 bits per heavy atom. The molecule has 0 bridgehead atoms. The fourth-order valence-corrected chi connectivity index (χ4v) is 3.45. The third kappa shape index (κ3) is 6.67. The number of rotatable bonds is 7. The maximum atomic E-state index is 12.7. The van der Waals surface area contributed by atoms with E-state index in [2.05, 4.69) is 9.88 Å². The molecule has 0 amide bonds. The maximum Gasteiger partial charge on any atom is 0.417 e. The highest BCUT2D eigenvalue weighted by atomic mass is 19.4. The van der Waals surface area contributed by atoms with Crippen LogP contribution in [0.25, 0.3) is 0 Å². The van der Waals surface area contributed by atoms with E-state index in [4.69, 9.17) is 4.74 Å². The molecule has 0 saturated carbocycles. The van der Waals surface area contributed by atoms with Crippen LogP contribution in [0.4, 0.5) is 19.0 Å². The maximum absolute atomic E-state index is 12.7. The number of nitrogens with zero attached hydrogens (tertiary/aromatic N) is 3. The lowest BCUT2D eigenvalue weighted by molar-refractivity contribution is -0.137. The van der Waals surface area contributed by atoms with Crippen molar-refractivity contribution in [3.8, 4) is 5.75 Å². The van der Waals surface area contributed by atoms with Gasteiger partial charge in [-0.05, 0) is 56.3 Å². The van der Waals surface area contributed by atoms with Gasteiger partial charge in [0.2, 0.25) is 0 Å². The number of carbonyl (C=O) groups is 1. The summed E-state index contributed by atoms with van der Waals surface area (Å²) in [5, 5.41) is 10.3. The van der Waals surface area contributed by atoms with Crippen LogP contribution in [0.3, 0.4) is 0 Å². The molecule has 0 spiro atoms. The van der Waals surface area contributed by atoms with Crippen LogP contribution in [-0.2, 0) is 6.18 Å². The lowest BCUT2D eigenvalue weighted by Gasteiger charge is -2.24. The summed E-state index contributed by atoms with van der Waals surface area (Å²) in [6.45, 7) is 4.77. The number of hydrogen-bond acceptors (Lipinski definition) is 6. The van der Waals surface area contributed by atoms with Crippen molar-refractivity contribution in [2.75, 3.05) is 44.2 Å². The molecule has 1 atom stereocenters. The summed E-state index contributed by atoms with van der Waals surface area (Å²) >= 11 is 0. The van der Waals surface area contributed by atoms with Crippen molar-refractivity contribution in [3.05, 3.63) is 53.7 Å². The first-order chi connectivity index (χ1) is 14.7. The zero-order valence-electron chi connectivity index (χ0n) is 17.3. The third-order valence-electron chi connectivity index (χ3n) is 5.16. The highest BCUT2D eigenvalue weighted by molar-refractivity contribution is 5.94. The fourth-order valence-electron chi connectivity index (χ4n) is 3.45. The molecule has 1 fully saturated rings. The molecule has 0 unspecified atom stereocenters. The third-order valence-corrected chi connectivity index (χ3v) is 5.16. The van der Waals surface area contributed by atoms with E-state index in [1.165, 1.54) is 13.0 Å². The monoisotopic (exact) mass is 437 g/mol. The number of ether oxygens (including phenoxy) is 1. The van der Waals surface area contributed by atoms with E-state index in [-0.39, 0.29) is 12.4 Å². The minimum atomic E-state index is -4.39. The molecule has 1 aromatic carbocycles. The number of ketones is 1. The second-order valence-corrected chi connectivity index (χ2v) is 7.59. The second kappa shape index (κ2) is 10.1. The summed E-state index contributed by atoms with van der Waals surface area (Å²) in [6.07, 6.45) is -3.41. The van der Waals surface area contributed by atoms with Gasteiger partial charge >= 0.3 is 6.18 Å². The number of aromatic nitrogens is 1. The first kappa shape index (κ1) is 23.0. The summed E-state index contributed by atoms with van der Waals surface area (Å²) in [4.78, 5) is 19.3. The van der Waals surface area contributed by atoms with Crippen molar-refractivity contribution in [3.63, 3.8) is 0 Å². The van der Waals surface area contributed by atoms with Crippen LogP contribution >= 0.6 is 0 Å². The molecule has 3 rings (SSSR count). The van der Waals surface area contributed by atoms with E-state index in [9.17, 15) is 23.1 Å². The molecule has 6 nitrogen and oxygen atoms in total. The van der Waals surface area contributed by atoms with Crippen molar-refractivity contribution < 1.29 is 27.8 Å². The summed E-state index contributed by atoms with van der Waals surface area (Å²) in [5.74, 6) is 1.08. The summed E-state index contributed by atoms with van der Waals surface area (Å²) in [6, 6.07) is 9.22. The van der Waals surface area contributed by atoms with Crippen molar-refractivity contribution >= 4 is 11.6 Å². The zero-order chi connectivity index (χ0) is 22.4. The molecule has 0 aliphatic carbocycles. The number of hydrogen-bond donors (Lipinski definition) is 1. The first-order valence-electron chi connectivity index (χ1n) is 10.1. The molecule has 2 heterocycles. The normalized spacial score (nSPS) is 16.6. The van der Waals surface area contributed by atoms with Crippen LogP contribution in [0.5, 0.6) is 5.75 Å². The highest BCUT2D eigenvalue weighted by Crippen LogP contribution is 2.29. The van der Waals surface area contributed by atoms with E-state index in [1.807, 2.05) is 4.90 Å². The summed E-state index contributed by atoms with van der Waals surface area (Å²) in [7, 11) is 0. The molecule has 2 aromatic rings. The van der Waals surface area contributed by atoms with Crippen molar-refractivity contribution in [1.29, 1.82) is 0 Å². The van der Waals surface area contributed by atoms with Crippen LogP contribution < -0.4 is 9.64 Å². The lowest BCUT2D eigenvalue weighted by atomic mass is 10.1. The van der Waals surface area contributed by atoms with Gasteiger partial charge in [-0.2, -0.15) is 13.2 Å². The van der Waals surface area contributed by atoms with Gasteiger partial charge in [0, 0.05) is 37.9 Å². The largest absolute Gasteiger partial charge is 0.491 e. The average molecular weight is 437 g/mol. The van der Waals surface area contributed by atoms with Gasteiger partial charge < -0.3 is 14.7 Å². The summed E-state index contributed by atoms with van der Waals surface area (Å²) < 4.78 is 43.7. The predicted molar refractivity (Wildman–Crippen MR) is 110 cm³/mol. The predicted octanol–water partition coefficient (Wildman–Crippen LogP) is 3.26. The topological polar surface area (TPSA) is 65.9 Å². The molecular weight excluding hydrogens is 411 g/mol. The molecule has 168 valence electrons. The molecule has 0 radical (unpaired) electrons. The molecular formula is C22H26F3N3O3. The van der Waals surface area contributed by atoms with Crippen LogP contribution in [0.1, 0.15) is 29.3 Å². The molecule has 1 aromatic heterocycles. The minimum absolute atomic E-state index is 0.0201. The molecule has 1 aliphatic rings. The number of aliphatic hydroxyl groups excluding tert-OH is 1. The van der Waals surface area contributed by atoms with Gasteiger partial charge in [0.1, 0.15) is 24.3 Å². The van der Waals surface area contributed by atoms with Crippen molar-refractivity contribution in [2.24, 2.45) is 0 Å². The van der Waals surface area contributed by atoms with Crippen LogP contribution in [-0.4, -0.2) is 66.2 Å². The average Bonchev–Trinajstić information content (AvgIpc) is 2.97. The van der Waals surface area contributed by atoms with E-state index in [0.29, 0.717) is 43.3 Å². The Balaban J connectivity index is 1.46. The number of halogens is 3. The first-order valence-corrected chi connectivity index (χ1v) is 10.1. The van der Waals surface area contributed by atoms with E-state index in [1.54, 1.807) is 24.3 Å². The Hall–Kier alpha value is -2.65. The van der Waals surface area contributed by atoms with Gasteiger partial charge in [0.25, 0.3) is 0 Å². The van der Waals surface area contributed by atoms with Gasteiger partial charge in [0.15, 0.2) is 5.78 Å². The summed E-state index contributed by atoms with van der Waals surface area (Å²) in [5.41, 5.74) is -0.156. The van der Waals surface area contributed by atoms with Crippen molar-refractivity contribution in [1.82, 2.24) is 9.88 Å². The van der Waals surface area contributed by atoms with Crippen LogP contribution in [0.15, 0.2) is 42.6 Å². The number of benzene rings is 1. The smallest absolute Gasteiger partial charge is 0.417 e. The zero-order valence-corrected chi connectivity index (χ0v) is 17.3. The van der Waals surface area contributed by atoms with Gasteiger partial charge in [-0.3, -0.25) is 9.69 Å². The second-order valence-electron chi connectivity index (χ2n) is 7.59. The SMILES string of the molecule is CC(=O)c1ccc(OC[C@@H](O)CN2CCCN(c3ccc(C(F)(F)F)cn3)CC2)cc1. The Kier molecular flexibility index (Phi) is 7.50. The van der Waals surface area contributed by atoms with Gasteiger partial charge in [0.05, 0.1) is 5.56 Å². The van der Waals surface area contributed by atoms with E-state index in [0.717, 1.165) is 25.2 Å². The number of anilines is 1. The number of alkyl halides is 3. The van der Waals surface area contributed by atoms with E-state index < -0.39 is 17.8 Å². The Morgan fingerprint density at radius 2 is 1.87 bits per heavy atom. The number of aliphatic hydroxyl groups is 1. The Morgan fingerprint density at radius 1 is 1.13 bits per heavy atom. The van der Waals surface area contributed by atoms with Gasteiger partial charge in [-0.15, -0.1) is 0 Å². The van der Waals surface area contributed by atoms with Gasteiger partial charge in [-0.1, -0.05) is 0 Å². The fraction of sp³-hybridized carbons (Fsp3) is 0.455. The molecule has 1 aliphatic heterocycles. The quantitative estimate of drug-likeness (QED) is 0.671. The molecule has 1 N–H and O–H groups in total. The lowest BCUT2D eigenvalue weighted by Crippen LogP contribution is -2.38. The molecule has 9 heteroatoms. The number of pyridine rings is 1. The number of Topliss-reactive ketones (excluding diaryl/α,β-unsaturated/α-hetero) is 1. The molecule has 1 saturated heterocycles. The molecule has 31 heavy (non-hydrogen) atoms.